The number of hydrogen-bond acceptors (Lipinski definition) is 4. The zero-order valence-corrected chi connectivity index (χ0v) is 12.3. The number of nitrogens with zero attached hydrogens (tertiary/aromatic N) is 3. The highest BCUT2D eigenvalue weighted by molar-refractivity contribution is 5.46. The van der Waals surface area contributed by atoms with E-state index in [1.54, 1.807) is 0 Å². The molecule has 21 heavy (non-hydrogen) atoms. The zero-order chi connectivity index (χ0) is 14.1. The van der Waals surface area contributed by atoms with Crippen LogP contribution in [0.3, 0.4) is 0 Å². The van der Waals surface area contributed by atoms with Gasteiger partial charge >= 0.3 is 0 Å². The molecule has 5 heteroatoms. The SMILES string of the molecule is c1cc(CN2CCOC3(CCNCC3)C2)n2nccc2c1. The maximum atomic E-state index is 6.14. The molecule has 2 aliphatic rings. The van der Waals surface area contributed by atoms with E-state index in [1.165, 1.54) is 5.69 Å². The molecule has 0 aromatic carbocycles. The van der Waals surface area contributed by atoms with Crippen molar-refractivity contribution in [2.75, 3.05) is 32.8 Å². The van der Waals surface area contributed by atoms with Crippen LogP contribution in [0.2, 0.25) is 0 Å². The van der Waals surface area contributed by atoms with Crippen molar-refractivity contribution in [3.63, 3.8) is 0 Å². The van der Waals surface area contributed by atoms with Crippen molar-refractivity contribution in [2.24, 2.45) is 0 Å². The first-order valence-electron chi connectivity index (χ1n) is 7.83. The van der Waals surface area contributed by atoms with E-state index in [0.29, 0.717) is 0 Å². The van der Waals surface area contributed by atoms with Gasteiger partial charge in [0.05, 0.1) is 23.4 Å². The molecule has 0 amide bonds. The Morgan fingerprint density at radius 1 is 1.24 bits per heavy atom. The summed E-state index contributed by atoms with van der Waals surface area (Å²) < 4.78 is 8.19. The van der Waals surface area contributed by atoms with Gasteiger partial charge in [0.25, 0.3) is 0 Å². The van der Waals surface area contributed by atoms with E-state index in [4.69, 9.17) is 4.74 Å². The molecule has 2 fully saturated rings. The van der Waals surface area contributed by atoms with E-state index in [-0.39, 0.29) is 5.60 Å². The van der Waals surface area contributed by atoms with Crippen molar-refractivity contribution >= 4 is 5.52 Å². The second-order valence-electron chi connectivity index (χ2n) is 6.18. The Labute approximate surface area is 124 Å². The number of nitrogens with one attached hydrogen (secondary N) is 1. The molecule has 112 valence electrons. The smallest absolute Gasteiger partial charge is 0.0833 e. The number of rotatable bonds is 2. The Bertz CT molecular complexity index is 612. The molecule has 2 aliphatic heterocycles. The molecule has 0 unspecified atom stereocenters. The lowest BCUT2D eigenvalue weighted by atomic mass is 9.90. The molecule has 0 saturated carbocycles. The van der Waals surface area contributed by atoms with Gasteiger partial charge in [-0.05, 0) is 44.1 Å². The third kappa shape index (κ3) is 2.57. The maximum Gasteiger partial charge on any atom is 0.0833 e. The fraction of sp³-hybridized carbons (Fsp3) is 0.562. The molecule has 0 atom stereocenters. The normalized spacial score (nSPS) is 22.9. The monoisotopic (exact) mass is 286 g/mol. The highest BCUT2D eigenvalue weighted by Gasteiger charge is 2.37. The van der Waals surface area contributed by atoms with Gasteiger partial charge in [-0.25, -0.2) is 4.52 Å². The topological polar surface area (TPSA) is 41.8 Å². The van der Waals surface area contributed by atoms with Crippen LogP contribution in [0, 0.1) is 0 Å². The molecule has 4 rings (SSSR count). The van der Waals surface area contributed by atoms with Gasteiger partial charge in [-0.3, -0.25) is 4.90 Å². The van der Waals surface area contributed by atoms with Gasteiger partial charge in [0.15, 0.2) is 0 Å². The Balaban J connectivity index is 1.52. The summed E-state index contributed by atoms with van der Waals surface area (Å²) in [6.07, 6.45) is 4.11. The Morgan fingerprint density at radius 2 is 2.14 bits per heavy atom. The molecular weight excluding hydrogens is 264 g/mol. The van der Waals surface area contributed by atoms with Crippen LogP contribution < -0.4 is 5.32 Å². The fourth-order valence-electron chi connectivity index (χ4n) is 3.60. The molecule has 0 aliphatic carbocycles. The predicted molar refractivity (Wildman–Crippen MR) is 81.3 cm³/mol. The van der Waals surface area contributed by atoms with E-state index in [9.17, 15) is 0 Å². The molecular formula is C16H22N4O. The molecule has 5 nitrogen and oxygen atoms in total. The fourth-order valence-corrected chi connectivity index (χ4v) is 3.60. The molecule has 0 radical (unpaired) electrons. The quantitative estimate of drug-likeness (QED) is 0.903. The van der Waals surface area contributed by atoms with Crippen molar-refractivity contribution in [3.8, 4) is 0 Å². The molecule has 4 heterocycles. The van der Waals surface area contributed by atoms with Gasteiger partial charge in [0, 0.05) is 25.8 Å². The molecule has 2 saturated heterocycles. The summed E-state index contributed by atoms with van der Waals surface area (Å²) in [4.78, 5) is 2.52. The average molecular weight is 286 g/mol. The highest BCUT2D eigenvalue weighted by atomic mass is 16.5. The highest BCUT2D eigenvalue weighted by Crippen LogP contribution is 2.28. The first-order chi connectivity index (χ1) is 10.3. The number of hydrogen-bond donors (Lipinski definition) is 1. The molecule has 1 N–H and O–H groups in total. The van der Waals surface area contributed by atoms with Crippen LogP contribution >= 0.6 is 0 Å². The third-order valence-electron chi connectivity index (χ3n) is 4.73. The van der Waals surface area contributed by atoms with Crippen LogP contribution in [0.5, 0.6) is 0 Å². The summed E-state index contributed by atoms with van der Waals surface area (Å²) >= 11 is 0. The summed E-state index contributed by atoms with van der Waals surface area (Å²) in [6, 6.07) is 8.44. The van der Waals surface area contributed by atoms with Gasteiger partial charge < -0.3 is 10.1 Å². The second-order valence-corrected chi connectivity index (χ2v) is 6.18. The lowest BCUT2D eigenvalue weighted by Gasteiger charge is -2.45. The third-order valence-corrected chi connectivity index (χ3v) is 4.73. The summed E-state index contributed by atoms with van der Waals surface area (Å²) in [5.41, 5.74) is 2.49. The lowest BCUT2D eigenvalue weighted by molar-refractivity contribution is -0.125. The van der Waals surface area contributed by atoms with Crippen molar-refractivity contribution in [3.05, 3.63) is 36.2 Å². The van der Waals surface area contributed by atoms with Gasteiger partial charge in [-0.15, -0.1) is 0 Å². The number of fused-ring (bicyclic) bond motifs is 1. The van der Waals surface area contributed by atoms with Crippen LogP contribution in [-0.2, 0) is 11.3 Å². The van der Waals surface area contributed by atoms with Gasteiger partial charge in [0.2, 0.25) is 0 Å². The Hall–Kier alpha value is -1.43. The summed E-state index contributed by atoms with van der Waals surface area (Å²) in [7, 11) is 0. The minimum atomic E-state index is 0.0709. The zero-order valence-electron chi connectivity index (χ0n) is 12.3. The van der Waals surface area contributed by atoms with Crippen molar-refractivity contribution < 1.29 is 4.74 Å². The van der Waals surface area contributed by atoms with E-state index < -0.39 is 0 Å². The van der Waals surface area contributed by atoms with Crippen molar-refractivity contribution in [1.82, 2.24) is 19.8 Å². The van der Waals surface area contributed by atoms with E-state index in [2.05, 4.69) is 39.6 Å². The van der Waals surface area contributed by atoms with E-state index >= 15 is 0 Å². The Kier molecular flexibility index (Phi) is 3.41. The second kappa shape index (κ2) is 5.40. The summed E-state index contributed by atoms with van der Waals surface area (Å²) in [5.74, 6) is 0. The number of piperidine rings is 1. The molecule has 0 bridgehead atoms. The van der Waals surface area contributed by atoms with Crippen LogP contribution in [0.15, 0.2) is 30.5 Å². The first-order valence-corrected chi connectivity index (χ1v) is 7.83. The largest absolute Gasteiger partial charge is 0.372 e. The number of pyridine rings is 1. The van der Waals surface area contributed by atoms with E-state index in [0.717, 1.165) is 57.7 Å². The molecule has 2 aromatic heterocycles. The van der Waals surface area contributed by atoms with E-state index in [1.807, 2.05) is 10.7 Å². The minimum Gasteiger partial charge on any atom is -0.372 e. The number of ether oxygens (including phenoxy) is 1. The van der Waals surface area contributed by atoms with Crippen molar-refractivity contribution in [1.29, 1.82) is 0 Å². The van der Waals surface area contributed by atoms with Crippen molar-refractivity contribution in [2.45, 2.75) is 25.0 Å². The van der Waals surface area contributed by atoms with Gasteiger partial charge in [-0.2, -0.15) is 5.10 Å². The van der Waals surface area contributed by atoms with Crippen LogP contribution in [0.4, 0.5) is 0 Å². The van der Waals surface area contributed by atoms with Gasteiger partial charge in [-0.1, -0.05) is 6.07 Å². The van der Waals surface area contributed by atoms with Crippen LogP contribution in [-0.4, -0.2) is 52.9 Å². The van der Waals surface area contributed by atoms with Crippen LogP contribution in [0.1, 0.15) is 18.5 Å². The molecule has 1 spiro atoms. The number of aromatic nitrogens is 2. The minimum absolute atomic E-state index is 0.0709. The first kappa shape index (κ1) is 13.2. The summed E-state index contributed by atoms with van der Waals surface area (Å²) in [6.45, 7) is 5.97. The Morgan fingerprint density at radius 3 is 3.05 bits per heavy atom. The summed E-state index contributed by atoms with van der Waals surface area (Å²) in [5, 5.41) is 7.87. The molecule has 2 aromatic rings. The standard InChI is InChI=1S/C16H22N4O/c1-2-14-4-7-18-20(14)15(3-1)12-19-10-11-21-16(13-19)5-8-17-9-6-16/h1-4,7,17H,5-6,8-13H2. The number of morpholine rings is 1. The predicted octanol–water partition coefficient (Wildman–Crippen LogP) is 1.29. The average Bonchev–Trinajstić information content (AvgIpc) is 2.98. The maximum absolute atomic E-state index is 6.14. The van der Waals surface area contributed by atoms with Gasteiger partial charge in [0.1, 0.15) is 0 Å². The van der Waals surface area contributed by atoms with Crippen LogP contribution in [0.25, 0.3) is 5.52 Å². The lowest BCUT2D eigenvalue weighted by Crippen LogP contribution is -2.56.